The van der Waals surface area contributed by atoms with Crippen molar-refractivity contribution in [3.8, 4) is 0 Å². The average molecular weight is 352 g/mol. The quantitative estimate of drug-likeness (QED) is 0.884. The number of piperidine rings is 1. The number of likely N-dealkylation sites (tertiary alicyclic amines) is 2. The Kier molecular flexibility index (Phi) is 5.69. The van der Waals surface area contributed by atoms with Crippen molar-refractivity contribution in [2.75, 3.05) is 26.2 Å². The van der Waals surface area contributed by atoms with Crippen molar-refractivity contribution in [3.63, 3.8) is 0 Å². The highest BCUT2D eigenvalue weighted by molar-refractivity contribution is 5.76. The van der Waals surface area contributed by atoms with E-state index in [9.17, 15) is 18.7 Å². The van der Waals surface area contributed by atoms with Gasteiger partial charge in [0.1, 0.15) is 0 Å². The highest BCUT2D eigenvalue weighted by Gasteiger charge is 2.47. The third-order valence-electron chi connectivity index (χ3n) is 5.38. The van der Waals surface area contributed by atoms with Gasteiger partial charge in [-0.05, 0) is 24.8 Å². The standard InChI is InChI=1S/C19H26F2N2O2/c20-19(21)12-17(13-24)23(14-19)16-8-10-22(11-9-16)18(25)7-6-15-4-2-1-3-5-15/h1-5,16-17,24H,6-14H2/t17-/m0/s1. The Morgan fingerprint density at radius 2 is 1.88 bits per heavy atom. The number of hydrogen-bond donors (Lipinski definition) is 1. The number of nitrogens with zero attached hydrogens (tertiary/aromatic N) is 2. The summed E-state index contributed by atoms with van der Waals surface area (Å²) in [7, 11) is 0. The van der Waals surface area contributed by atoms with Crippen molar-refractivity contribution in [3.05, 3.63) is 35.9 Å². The molecule has 6 heteroatoms. The number of aryl methyl sites for hydroxylation is 1. The monoisotopic (exact) mass is 352 g/mol. The lowest BCUT2D eigenvalue weighted by Crippen LogP contribution is -2.49. The van der Waals surface area contributed by atoms with E-state index in [2.05, 4.69) is 0 Å². The molecule has 0 bridgehead atoms. The van der Waals surface area contributed by atoms with Crippen LogP contribution in [0.25, 0.3) is 0 Å². The zero-order chi connectivity index (χ0) is 17.9. The van der Waals surface area contributed by atoms with Crippen LogP contribution in [0, 0.1) is 0 Å². The van der Waals surface area contributed by atoms with Gasteiger partial charge >= 0.3 is 0 Å². The number of aliphatic hydroxyl groups is 1. The summed E-state index contributed by atoms with van der Waals surface area (Å²) < 4.78 is 27.3. The van der Waals surface area contributed by atoms with Gasteiger partial charge in [0.15, 0.2) is 0 Å². The third kappa shape index (κ3) is 4.55. The van der Waals surface area contributed by atoms with Gasteiger partial charge in [0, 0.05) is 38.0 Å². The number of carbonyl (C=O) groups excluding carboxylic acids is 1. The van der Waals surface area contributed by atoms with Crippen LogP contribution < -0.4 is 0 Å². The number of alkyl halides is 2. The van der Waals surface area contributed by atoms with Gasteiger partial charge in [-0.3, -0.25) is 9.69 Å². The first-order chi connectivity index (χ1) is 12.0. The van der Waals surface area contributed by atoms with E-state index in [0.717, 1.165) is 12.0 Å². The van der Waals surface area contributed by atoms with E-state index in [1.807, 2.05) is 35.2 Å². The third-order valence-corrected chi connectivity index (χ3v) is 5.38. The normalized spacial score (nSPS) is 24.6. The topological polar surface area (TPSA) is 43.8 Å². The van der Waals surface area contributed by atoms with Crippen LogP contribution in [-0.4, -0.2) is 65.1 Å². The summed E-state index contributed by atoms with van der Waals surface area (Å²) in [6.07, 6.45) is 2.34. The van der Waals surface area contributed by atoms with Crippen molar-refractivity contribution < 1.29 is 18.7 Å². The maximum Gasteiger partial charge on any atom is 0.262 e. The number of aliphatic hydroxyl groups excluding tert-OH is 1. The molecule has 2 aliphatic rings. The summed E-state index contributed by atoms with van der Waals surface area (Å²) in [5.74, 6) is -2.58. The van der Waals surface area contributed by atoms with E-state index in [-0.39, 0.29) is 31.5 Å². The molecule has 1 aromatic carbocycles. The molecule has 1 aromatic rings. The molecule has 138 valence electrons. The van der Waals surface area contributed by atoms with Crippen LogP contribution >= 0.6 is 0 Å². The highest BCUT2D eigenvalue weighted by atomic mass is 19.3. The van der Waals surface area contributed by atoms with Gasteiger partial charge in [-0.1, -0.05) is 30.3 Å². The lowest BCUT2D eigenvalue weighted by Gasteiger charge is -2.38. The Balaban J connectivity index is 1.47. The second-order valence-corrected chi connectivity index (χ2v) is 7.17. The molecule has 2 fully saturated rings. The Hall–Kier alpha value is -1.53. The predicted molar refractivity (Wildman–Crippen MR) is 91.5 cm³/mol. The lowest BCUT2D eigenvalue weighted by atomic mass is 10.0. The Labute approximate surface area is 147 Å². The SMILES string of the molecule is O=C(CCc1ccccc1)N1CCC(N2CC(F)(F)C[C@H]2CO)CC1. The number of benzene rings is 1. The Morgan fingerprint density at radius 1 is 1.20 bits per heavy atom. The predicted octanol–water partition coefficient (Wildman–Crippen LogP) is 2.31. The molecule has 2 saturated heterocycles. The van der Waals surface area contributed by atoms with Crippen molar-refractivity contribution >= 4 is 5.91 Å². The van der Waals surface area contributed by atoms with Crippen LogP contribution in [-0.2, 0) is 11.2 Å². The fourth-order valence-electron chi connectivity index (χ4n) is 4.02. The summed E-state index contributed by atoms with van der Waals surface area (Å²) in [4.78, 5) is 16.0. The molecule has 0 radical (unpaired) electrons. The molecule has 3 rings (SSSR count). The maximum atomic E-state index is 13.6. The van der Waals surface area contributed by atoms with Crippen LogP contribution in [0.15, 0.2) is 30.3 Å². The van der Waals surface area contributed by atoms with Crippen molar-refractivity contribution in [1.82, 2.24) is 9.80 Å². The van der Waals surface area contributed by atoms with Crippen LogP contribution in [0.1, 0.15) is 31.2 Å². The van der Waals surface area contributed by atoms with Gasteiger partial charge in [-0.15, -0.1) is 0 Å². The van der Waals surface area contributed by atoms with Crippen molar-refractivity contribution in [2.45, 2.75) is 50.1 Å². The van der Waals surface area contributed by atoms with Gasteiger partial charge in [-0.2, -0.15) is 0 Å². The molecule has 1 N–H and O–H groups in total. The summed E-state index contributed by atoms with van der Waals surface area (Å²) >= 11 is 0. The first-order valence-corrected chi connectivity index (χ1v) is 9.04. The van der Waals surface area contributed by atoms with E-state index >= 15 is 0 Å². The number of hydrogen-bond acceptors (Lipinski definition) is 3. The summed E-state index contributed by atoms with van der Waals surface area (Å²) in [5, 5.41) is 9.38. The molecule has 0 spiro atoms. The molecular formula is C19H26F2N2O2. The smallest absolute Gasteiger partial charge is 0.262 e. The summed E-state index contributed by atoms with van der Waals surface area (Å²) in [6, 6.07) is 9.50. The number of carbonyl (C=O) groups is 1. The molecule has 2 aliphatic heterocycles. The molecule has 1 amide bonds. The Bertz CT molecular complexity index is 574. The second-order valence-electron chi connectivity index (χ2n) is 7.17. The summed E-state index contributed by atoms with van der Waals surface area (Å²) in [5.41, 5.74) is 1.15. The van der Waals surface area contributed by atoms with E-state index in [1.165, 1.54) is 0 Å². The van der Waals surface area contributed by atoms with E-state index in [1.54, 1.807) is 4.90 Å². The highest BCUT2D eigenvalue weighted by Crippen LogP contribution is 2.35. The molecule has 0 unspecified atom stereocenters. The van der Waals surface area contributed by atoms with Gasteiger partial charge in [0.2, 0.25) is 5.91 Å². The first kappa shape index (κ1) is 18.3. The van der Waals surface area contributed by atoms with Gasteiger partial charge in [0.05, 0.1) is 13.2 Å². The van der Waals surface area contributed by atoms with Crippen molar-refractivity contribution in [1.29, 1.82) is 0 Å². The summed E-state index contributed by atoms with van der Waals surface area (Å²) in [6.45, 7) is 0.716. The molecule has 2 heterocycles. The molecule has 0 aliphatic carbocycles. The van der Waals surface area contributed by atoms with E-state index < -0.39 is 12.0 Å². The van der Waals surface area contributed by atoms with Crippen LogP contribution in [0.4, 0.5) is 8.78 Å². The minimum absolute atomic E-state index is 0.0312. The molecule has 4 nitrogen and oxygen atoms in total. The number of amides is 1. The van der Waals surface area contributed by atoms with Crippen LogP contribution in [0.3, 0.4) is 0 Å². The zero-order valence-corrected chi connectivity index (χ0v) is 14.4. The van der Waals surface area contributed by atoms with E-state index in [0.29, 0.717) is 32.4 Å². The van der Waals surface area contributed by atoms with Gasteiger partial charge in [-0.25, -0.2) is 8.78 Å². The molecule has 0 saturated carbocycles. The zero-order valence-electron chi connectivity index (χ0n) is 14.4. The van der Waals surface area contributed by atoms with Crippen LogP contribution in [0.2, 0.25) is 0 Å². The Morgan fingerprint density at radius 3 is 2.52 bits per heavy atom. The number of rotatable bonds is 5. The molecule has 25 heavy (non-hydrogen) atoms. The van der Waals surface area contributed by atoms with Crippen molar-refractivity contribution in [2.24, 2.45) is 0 Å². The second kappa shape index (κ2) is 7.79. The largest absolute Gasteiger partial charge is 0.395 e. The fourth-order valence-corrected chi connectivity index (χ4v) is 4.02. The maximum absolute atomic E-state index is 13.6. The first-order valence-electron chi connectivity index (χ1n) is 9.04. The fraction of sp³-hybridized carbons (Fsp3) is 0.632. The number of halogens is 2. The van der Waals surface area contributed by atoms with Gasteiger partial charge in [0.25, 0.3) is 5.92 Å². The average Bonchev–Trinajstić information content (AvgIpc) is 2.95. The molecular weight excluding hydrogens is 326 g/mol. The van der Waals surface area contributed by atoms with Crippen LogP contribution in [0.5, 0.6) is 0 Å². The minimum atomic E-state index is -2.71. The molecule has 1 atom stereocenters. The molecule has 0 aromatic heterocycles. The van der Waals surface area contributed by atoms with E-state index in [4.69, 9.17) is 0 Å². The minimum Gasteiger partial charge on any atom is -0.395 e. The lowest BCUT2D eigenvalue weighted by molar-refractivity contribution is -0.132. The van der Waals surface area contributed by atoms with Gasteiger partial charge < -0.3 is 10.0 Å².